The number of aromatic nitrogens is 1. The van der Waals surface area contributed by atoms with Gasteiger partial charge in [0.2, 0.25) is 0 Å². The Kier molecular flexibility index (Phi) is 4.90. The van der Waals surface area contributed by atoms with E-state index in [-0.39, 0.29) is 0 Å². The first kappa shape index (κ1) is 17.4. The van der Waals surface area contributed by atoms with Crippen molar-refractivity contribution in [3.05, 3.63) is 70.2 Å². The summed E-state index contributed by atoms with van der Waals surface area (Å²) in [6.45, 7) is 0.697. The minimum Gasteiger partial charge on any atom is -0.353 e. The molecule has 0 fully saturated rings. The summed E-state index contributed by atoms with van der Waals surface area (Å²) in [5.74, 6) is 0. The Balaban J connectivity index is 1.93. The average molecular weight is 383 g/mol. The summed E-state index contributed by atoms with van der Waals surface area (Å²) in [4.78, 5) is 3.53. The predicted octanol–water partition coefficient (Wildman–Crippen LogP) is 6.58. The number of fused-ring (bicyclic) bond motifs is 2. The summed E-state index contributed by atoms with van der Waals surface area (Å²) in [6, 6.07) is 18.6. The van der Waals surface area contributed by atoms with Crippen LogP contribution in [0.5, 0.6) is 0 Å². The van der Waals surface area contributed by atoms with Gasteiger partial charge in [-0.3, -0.25) is 0 Å². The Morgan fingerprint density at radius 2 is 1.62 bits per heavy atom. The second-order valence-corrected chi connectivity index (χ2v) is 7.38. The molecule has 0 unspecified atom stereocenters. The number of hydrogen-bond donors (Lipinski definition) is 2. The zero-order chi connectivity index (χ0) is 18.1. The van der Waals surface area contributed by atoms with E-state index in [4.69, 9.17) is 28.9 Å². The minimum atomic E-state index is 0.691. The van der Waals surface area contributed by atoms with E-state index < -0.39 is 0 Å². The van der Waals surface area contributed by atoms with Crippen molar-refractivity contribution in [1.29, 1.82) is 0 Å². The molecule has 0 saturated carbocycles. The van der Waals surface area contributed by atoms with Crippen molar-refractivity contribution in [2.75, 3.05) is 6.54 Å². The third kappa shape index (κ3) is 3.09. The normalized spacial score (nSPS) is 11.5. The summed E-state index contributed by atoms with van der Waals surface area (Å²) >= 11 is 13.0. The summed E-state index contributed by atoms with van der Waals surface area (Å²) in [6.07, 6.45) is 2.92. The van der Waals surface area contributed by atoms with E-state index in [1.54, 1.807) is 0 Å². The highest BCUT2D eigenvalue weighted by Gasteiger charge is 2.17. The molecule has 1 aromatic heterocycles. The van der Waals surface area contributed by atoms with Crippen molar-refractivity contribution >= 4 is 44.9 Å². The number of benzene rings is 3. The van der Waals surface area contributed by atoms with Crippen LogP contribution < -0.4 is 5.73 Å². The average Bonchev–Trinajstić information content (AvgIpc) is 3.05. The maximum absolute atomic E-state index is 6.54. The first-order valence-corrected chi connectivity index (χ1v) is 9.62. The van der Waals surface area contributed by atoms with Gasteiger partial charge in [0.15, 0.2) is 0 Å². The van der Waals surface area contributed by atoms with Crippen molar-refractivity contribution in [3.8, 4) is 11.3 Å². The number of nitrogens with one attached hydrogen (secondary N) is 1. The van der Waals surface area contributed by atoms with E-state index in [1.165, 1.54) is 16.3 Å². The molecule has 4 heteroatoms. The lowest BCUT2D eigenvalue weighted by atomic mass is 9.98. The Hall–Kier alpha value is -2.00. The largest absolute Gasteiger partial charge is 0.353 e. The molecule has 0 spiro atoms. The Morgan fingerprint density at radius 3 is 2.42 bits per heavy atom. The molecule has 0 radical (unpaired) electrons. The van der Waals surface area contributed by atoms with Crippen LogP contribution in [-0.2, 0) is 6.42 Å². The molecule has 0 aliphatic carbocycles. The number of rotatable bonds is 5. The van der Waals surface area contributed by atoms with Crippen LogP contribution in [-0.4, -0.2) is 11.5 Å². The van der Waals surface area contributed by atoms with E-state index in [9.17, 15) is 0 Å². The van der Waals surface area contributed by atoms with Gasteiger partial charge in [-0.15, -0.1) is 0 Å². The van der Waals surface area contributed by atoms with Crippen LogP contribution in [0.2, 0.25) is 10.0 Å². The fraction of sp³-hybridized carbons (Fsp3) is 0.182. The Bertz CT molecular complexity index is 1080. The first-order chi connectivity index (χ1) is 12.7. The number of aryl methyl sites for hydroxylation is 1. The lowest BCUT2D eigenvalue weighted by Crippen LogP contribution is -1.99. The molecule has 3 N–H and O–H groups in total. The molecule has 1 heterocycles. The van der Waals surface area contributed by atoms with Gasteiger partial charge in [-0.05, 0) is 65.9 Å². The molecule has 0 aliphatic rings. The Labute approximate surface area is 162 Å². The molecule has 0 bridgehead atoms. The maximum Gasteiger partial charge on any atom is 0.0666 e. The van der Waals surface area contributed by atoms with E-state index in [1.807, 2.05) is 12.1 Å². The van der Waals surface area contributed by atoms with Crippen LogP contribution >= 0.6 is 23.2 Å². The highest BCUT2D eigenvalue weighted by molar-refractivity contribution is 6.40. The number of nitrogens with two attached hydrogens (primary N) is 1. The third-order valence-corrected chi connectivity index (χ3v) is 5.51. The van der Waals surface area contributed by atoms with Gasteiger partial charge < -0.3 is 10.7 Å². The van der Waals surface area contributed by atoms with Crippen molar-refractivity contribution in [2.24, 2.45) is 5.73 Å². The number of unbranched alkanes of at least 4 members (excludes halogenated alkanes) is 1. The fourth-order valence-corrected chi connectivity index (χ4v) is 4.06. The van der Waals surface area contributed by atoms with Gasteiger partial charge in [0.05, 0.1) is 15.6 Å². The van der Waals surface area contributed by atoms with Gasteiger partial charge in [-0.25, -0.2) is 0 Å². The van der Waals surface area contributed by atoms with Crippen LogP contribution in [0.15, 0.2) is 54.6 Å². The second kappa shape index (κ2) is 7.32. The molecule has 0 amide bonds. The van der Waals surface area contributed by atoms with Crippen LogP contribution in [0.3, 0.4) is 0 Å². The van der Waals surface area contributed by atoms with Gasteiger partial charge in [-0.2, -0.15) is 0 Å². The highest BCUT2D eigenvalue weighted by Crippen LogP contribution is 2.39. The molecular weight excluding hydrogens is 363 g/mol. The van der Waals surface area contributed by atoms with E-state index in [0.29, 0.717) is 11.6 Å². The van der Waals surface area contributed by atoms with E-state index in [2.05, 4.69) is 47.4 Å². The summed E-state index contributed by atoms with van der Waals surface area (Å²) in [7, 11) is 0. The Morgan fingerprint density at radius 1 is 0.846 bits per heavy atom. The zero-order valence-corrected chi connectivity index (χ0v) is 15.9. The van der Waals surface area contributed by atoms with Crippen LogP contribution in [0.1, 0.15) is 18.4 Å². The number of H-pyrrole nitrogens is 1. The third-order valence-electron chi connectivity index (χ3n) is 4.88. The molecule has 2 nitrogen and oxygen atoms in total. The SMILES string of the molecule is NCCCCc1c(-c2ccc3ccccc3c2)[nH]c2c(Cl)ccc(Cl)c12. The number of halogens is 2. The molecular formula is C22H20Cl2N2. The van der Waals surface area contributed by atoms with Crippen molar-refractivity contribution in [2.45, 2.75) is 19.3 Å². The van der Waals surface area contributed by atoms with Crippen molar-refractivity contribution in [1.82, 2.24) is 4.98 Å². The van der Waals surface area contributed by atoms with Crippen molar-refractivity contribution in [3.63, 3.8) is 0 Å². The molecule has 132 valence electrons. The summed E-state index contributed by atoms with van der Waals surface area (Å²) in [5.41, 5.74) is 10.1. The van der Waals surface area contributed by atoms with Gasteiger partial charge in [0, 0.05) is 11.1 Å². The fourth-order valence-electron chi connectivity index (χ4n) is 3.58. The zero-order valence-electron chi connectivity index (χ0n) is 14.4. The topological polar surface area (TPSA) is 41.8 Å². The minimum absolute atomic E-state index is 0.691. The standard InChI is InChI=1S/C22H20Cl2N2/c23-18-10-11-19(24)22-20(18)17(7-3-4-12-25)21(26-22)16-9-8-14-5-1-2-6-15(14)13-16/h1-2,5-6,8-11,13,26H,3-4,7,12,25H2. The lowest BCUT2D eigenvalue weighted by Gasteiger charge is -2.07. The second-order valence-electron chi connectivity index (χ2n) is 6.57. The molecule has 4 rings (SSSR count). The molecule has 26 heavy (non-hydrogen) atoms. The first-order valence-electron chi connectivity index (χ1n) is 8.87. The van der Waals surface area contributed by atoms with E-state index in [0.717, 1.165) is 46.4 Å². The summed E-state index contributed by atoms with van der Waals surface area (Å²) in [5, 5.41) is 4.90. The molecule has 0 atom stereocenters. The lowest BCUT2D eigenvalue weighted by molar-refractivity contribution is 0.748. The van der Waals surface area contributed by atoms with Crippen LogP contribution in [0.25, 0.3) is 32.9 Å². The van der Waals surface area contributed by atoms with Crippen LogP contribution in [0, 0.1) is 0 Å². The van der Waals surface area contributed by atoms with Crippen molar-refractivity contribution < 1.29 is 0 Å². The number of aromatic amines is 1. The highest BCUT2D eigenvalue weighted by atomic mass is 35.5. The van der Waals surface area contributed by atoms with E-state index >= 15 is 0 Å². The smallest absolute Gasteiger partial charge is 0.0666 e. The van der Waals surface area contributed by atoms with Gasteiger partial charge in [0.1, 0.15) is 0 Å². The number of hydrogen-bond acceptors (Lipinski definition) is 1. The predicted molar refractivity (Wildman–Crippen MR) is 113 cm³/mol. The molecule has 0 aliphatic heterocycles. The quantitative estimate of drug-likeness (QED) is 0.376. The monoisotopic (exact) mass is 382 g/mol. The molecule has 3 aromatic carbocycles. The van der Waals surface area contributed by atoms with Gasteiger partial charge >= 0.3 is 0 Å². The maximum atomic E-state index is 6.54. The van der Waals surface area contributed by atoms with Gasteiger partial charge in [0.25, 0.3) is 0 Å². The molecule has 4 aromatic rings. The summed E-state index contributed by atoms with van der Waals surface area (Å²) < 4.78 is 0. The van der Waals surface area contributed by atoms with Crippen LogP contribution in [0.4, 0.5) is 0 Å². The molecule has 0 saturated heterocycles. The van der Waals surface area contributed by atoms with Gasteiger partial charge in [-0.1, -0.05) is 59.6 Å².